The monoisotopic (exact) mass is 406 g/mol. The van der Waals surface area contributed by atoms with E-state index in [1.165, 1.54) is 24.4 Å². The zero-order valence-corrected chi connectivity index (χ0v) is 17.1. The Morgan fingerprint density at radius 2 is 1.85 bits per heavy atom. The first-order valence-corrected chi connectivity index (χ1v) is 10.0. The van der Waals surface area contributed by atoms with Crippen LogP contribution in [0, 0.1) is 0 Å². The summed E-state index contributed by atoms with van der Waals surface area (Å²) >= 11 is 7.23. The summed E-state index contributed by atoms with van der Waals surface area (Å²) in [5.74, 6) is 0.333. The largest absolute Gasteiger partial charge is 0.495 e. The molecule has 0 heterocycles. The SMILES string of the molecule is CCc1ccc(NC(=O)CSC(C)C(=O)Nc2cc(Cl)ccc2OC)cc1. The number of halogens is 1. The van der Waals surface area contributed by atoms with E-state index in [1.54, 1.807) is 25.1 Å². The van der Waals surface area contributed by atoms with Crippen LogP contribution in [0.25, 0.3) is 0 Å². The second-order valence-corrected chi connectivity index (χ2v) is 7.65. The molecule has 0 bridgehead atoms. The maximum absolute atomic E-state index is 12.4. The van der Waals surface area contributed by atoms with Crippen molar-refractivity contribution in [3.05, 3.63) is 53.1 Å². The molecule has 7 heteroatoms. The highest BCUT2D eigenvalue weighted by Gasteiger charge is 2.17. The number of hydrogen-bond donors (Lipinski definition) is 2. The number of aryl methyl sites for hydroxylation is 1. The normalized spacial score (nSPS) is 11.6. The minimum atomic E-state index is -0.415. The van der Waals surface area contributed by atoms with Gasteiger partial charge >= 0.3 is 0 Å². The fourth-order valence-corrected chi connectivity index (χ4v) is 3.17. The fourth-order valence-electron chi connectivity index (χ4n) is 2.31. The van der Waals surface area contributed by atoms with E-state index < -0.39 is 5.25 Å². The number of nitrogens with one attached hydrogen (secondary N) is 2. The Bertz CT molecular complexity index is 796. The summed E-state index contributed by atoms with van der Waals surface area (Å²) in [6.07, 6.45) is 0.952. The van der Waals surface area contributed by atoms with Crippen LogP contribution in [0.5, 0.6) is 5.75 Å². The minimum Gasteiger partial charge on any atom is -0.495 e. The van der Waals surface area contributed by atoms with Gasteiger partial charge in [0.1, 0.15) is 5.75 Å². The van der Waals surface area contributed by atoms with Crippen LogP contribution >= 0.6 is 23.4 Å². The van der Waals surface area contributed by atoms with Gasteiger partial charge in [0, 0.05) is 10.7 Å². The first kappa shape index (κ1) is 21.1. The van der Waals surface area contributed by atoms with Gasteiger partial charge in [0.05, 0.1) is 23.8 Å². The molecule has 2 rings (SSSR count). The van der Waals surface area contributed by atoms with Crippen molar-refractivity contribution in [1.82, 2.24) is 0 Å². The predicted molar refractivity (Wildman–Crippen MR) is 113 cm³/mol. The van der Waals surface area contributed by atoms with E-state index in [9.17, 15) is 9.59 Å². The average molecular weight is 407 g/mol. The zero-order chi connectivity index (χ0) is 19.8. The summed E-state index contributed by atoms with van der Waals surface area (Å²) in [6, 6.07) is 12.7. The summed E-state index contributed by atoms with van der Waals surface area (Å²) in [4.78, 5) is 24.5. The highest BCUT2D eigenvalue weighted by molar-refractivity contribution is 8.01. The van der Waals surface area contributed by atoms with Gasteiger partial charge in [-0.25, -0.2) is 0 Å². The predicted octanol–water partition coefficient (Wildman–Crippen LogP) is 4.61. The Kier molecular flexibility index (Phi) is 8.00. The third kappa shape index (κ3) is 6.48. The maximum Gasteiger partial charge on any atom is 0.237 e. The van der Waals surface area contributed by atoms with E-state index in [0.717, 1.165) is 12.1 Å². The third-order valence-electron chi connectivity index (χ3n) is 3.90. The van der Waals surface area contributed by atoms with Crippen LogP contribution in [0.2, 0.25) is 5.02 Å². The highest BCUT2D eigenvalue weighted by Crippen LogP contribution is 2.28. The van der Waals surface area contributed by atoms with E-state index in [0.29, 0.717) is 16.5 Å². The molecular formula is C20H23ClN2O3S. The molecule has 0 saturated carbocycles. The lowest BCUT2D eigenvalue weighted by molar-refractivity contribution is -0.115. The molecule has 1 unspecified atom stereocenters. The van der Waals surface area contributed by atoms with Crippen molar-refractivity contribution in [3.63, 3.8) is 0 Å². The number of carbonyl (C=O) groups excluding carboxylic acids is 2. The Hall–Kier alpha value is -2.18. The van der Waals surface area contributed by atoms with Crippen molar-refractivity contribution >= 4 is 46.6 Å². The standard InChI is InChI=1S/C20H23ClN2O3S/c1-4-14-5-8-16(9-6-14)22-19(24)12-27-13(2)20(25)23-17-11-15(21)7-10-18(17)26-3/h5-11,13H,4,12H2,1-3H3,(H,22,24)(H,23,25). The molecular weight excluding hydrogens is 384 g/mol. The smallest absolute Gasteiger partial charge is 0.237 e. The van der Waals surface area contributed by atoms with E-state index in [-0.39, 0.29) is 17.6 Å². The molecule has 0 radical (unpaired) electrons. The van der Waals surface area contributed by atoms with Gasteiger partial charge in [-0.05, 0) is 49.2 Å². The Morgan fingerprint density at radius 3 is 2.48 bits per heavy atom. The molecule has 1 atom stereocenters. The number of benzene rings is 2. The first-order valence-electron chi connectivity index (χ1n) is 8.57. The number of amides is 2. The van der Waals surface area contributed by atoms with E-state index in [2.05, 4.69) is 17.6 Å². The molecule has 2 N–H and O–H groups in total. The lowest BCUT2D eigenvalue weighted by atomic mass is 10.1. The van der Waals surface area contributed by atoms with Crippen LogP contribution in [-0.4, -0.2) is 29.9 Å². The van der Waals surface area contributed by atoms with Crippen LogP contribution in [0.4, 0.5) is 11.4 Å². The van der Waals surface area contributed by atoms with Gasteiger partial charge in [0.2, 0.25) is 11.8 Å². The van der Waals surface area contributed by atoms with Crippen molar-refractivity contribution in [2.24, 2.45) is 0 Å². The molecule has 5 nitrogen and oxygen atoms in total. The summed E-state index contributed by atoms with van der Waals surface area (Å²) in [5, 5.41) is 5.71. The molecule has 0 aliphatic heterocycles. The lowest BCUT2D eigenvalue weighted by Gasteiger charge is -2.14. The molecule has 2 aromatic rings. The molecule has 0 aromatic heterocycles. The molecule has 0 spiro atoms. The lowest BCUT2D eigenvalue weighted by Crippen LogP contribution is -2.25. The Balaban J connectivity index is 1.85. The second kappa shape index (κ2) is 10.2. The Labute approximate surface area is 168 Å². The number of methoxy groups -OCH3 is 1. The Morgan fingerprint density at radius 1 is 1.15 bits per heavy atom. The van der Waals surface area contributed by atoms with Crippen molar-refractivity contribution in [2.75, 3.05) is 23.5 Å². The molecule has 0 aliphatic rings. The molecule has 2 amide bonds. The number of thioether (sulfide) groups is 1. The average Bonchev–Trinajstić information content (AvgIpc) is 2.67. The van der Waals surface area contributed by atoms with E-state index in [1.807, 2.05) is 24.3 Å². The van der Waals surface area contributed by atoms with Crippen LogP contribution in [0.3, 0.4) is 0 Å². The van der Waals surface area contributed by atoms with E-state index >= 15 is 0 Å². The van der Waals surface area contributed by atoms with Crippen LogP contribution in [0.15, 0.2) is 42.5 Å². The van der Waals surface area contributed by atoms with Gasteiger partial charge in [-0.2, -0.15) is 0 Å². The minimum absolute atomic E-state index is 0.149. The number of carbonyl (C=O) groups is 2. The maximum atomic E-state index is 12.4. The summed E-state index contributed by atoms with van der Waals surface area (Å²) < 4.78 is 5.22. The van der Waals surface area contributed by atoms with Gasteiger partial charge in [-0.1, -0.05) is 30.7 Å². The number of hydrogen-bond acceptors (Lipinski definition) is 4. The van der Waals surface area contributed by atoms with Crippen molar-refractivity contribution in [2.45, 2.75) is 25.5 Å². The quantitative estimate of drug-likeness (QED) is 0.671. The van der Waals surface area contributed by atoms with Gasteiger partial charge in [0.25, 0.3) is 0 Å². The van der Waals surface area contributed by atoms with Crippen LogP contribution in [0.1, 0.15) is 19.4 Å². The van der Waals surface area contributed by atoms with Crippen molar-refractivity contribution in [3.8, 4) is 5.75 Å². The third-order valence-corrected chi connectivity index (χ3v) is 5.28. The highest BCUT2D eigenvalue weighted by atomic mass is 35.5. The fraction of sp³-hybridized carbons (Fsp3) is 0.300. The molecule has 0 aliphatic carbocycles. The summed E-state index contributed by atoms with van der Waals surface area (Å²) in [5.41, 5.74) is 2.46. The topological polar surface area (TPSA) is 67.4 Å². The van der Waals surface area contributed by atoms with Crippen LogP contribution in [-0.2, 0) is 16.0 Å². The molecule has 0 fully saturated rings. The van der Waals surface area contributed by atoms with Gasteiger partial charge in [-0.15, -0.1) is 11.8 Å². The first-order chi connectivity index (χ1) is 12.9. The van der Waals surface area contributed by atoms with Gasteiger partial charge in [0.15, 0.2) is 0 Å². The summed E-state index contributed by atoms with van der Waals surface area (Å²) in [6.45, 7) is 3.83. The molecule has 0 saturated heterocycles. The van der Waals surface area contributed by atoms with Crippen molar-refractivity contribution < 1.29 is 14.3 Å². The van der Waals surface area contributed by atoms with Crippen LogP contribution < -0.4 is 15.4 Å². The molecule has 27 heavy (non-hydrogen) atoms. The molecule has 144 valence electrons. The molecule has 2 aromatic carbocycles. The number of anilines is 2. The zero-order valence-electron chi connectivity index (χ0n) is 15.5. The van der Waals surface area contributed by atoms with Crippen molar-refractivity contribution in [1.29, 1.82) is 0 Å². The summed E-state index contributed by atoms with van der Waals surface area (Å²) in [7, 11) is 1.52. The number of ether oxygens (including phenoxy) is 1. The second-order valence-electron chi connectivity index (χ2n) is 5.89. The van der Waals surface area contributed by atoms with Gasteiger partial charge < -0.3 is 15.4 Å². The number of rotatable bonds is 8. The van der Waals surface area contributed by atoms with E-state index in [4.69, 9.17) is 16.3 Å². The van der Waals surface area contributed by atoms with Gasteiger partial charge in [-0.3, -0.25) is 9.59 Å².